The van der Waals surface area contributed by atoms with Gasteiger partial charge in [0.2, 0.25) is 0 Å². The Morgan fingerprint density at radius 3 is 2.68 bits per heavy atom. The van der Waals surface area contributed by atoms with Crippen molar-refractivity contribution >= 4 is 28.9 Å². The lowest BCUT2D eigenvalue weighted by Gasteiger charge is -2.29. The Hall–Kier alpha value is -2.37. The first-order valence-electron chi connectivity index (χ1n) is 9.32. The molecule has 28 heavy (non-hydrogen) atoms. The van der Waals surface area contributed by atoms with Crippen molar-refractivity contribution in [1.82, 2.24) is 15.2 Å². The van der Waals surface area contributed by atoms with Crippen molar-refractivity contribution in [2.24, 2.45) is 0 Å². The predicted octanol–water partition coefficient (Wildman–Crippen LogP) is 5.68. The molecule has 4 rings (SSSR count). The second kappa shape index (κ2) is 7.57. The maximum Gasteiger partial charge on any atom is 0.170 e. The molecule has 1 saturated heterocycles. The highest BCUT2D eigenvalue weighted by atomic mass is 35.5. The number of halogens is 1. The van der Waals surface area contributed by atoms with Crippen LogP contribution in [-0.2, 0) is 0 Å². The Kier molecular flexibility index (Phi) is 5.13. The molecule has 144 valence electrons. The normalized spacial score (nSPS) is 19.3. The van der Waals surface area contributed by atoms with Gasteiger partial charge in [-0.3, -0.25) is 4.98 Å². The minimum atomic E-state index is -0.0736. The molecule has 1 fully saturated rings. The van der Waals surface area contributed by atoms with Crippen LogP contribution >= 0.6 is 23.8 Å². The fraction of sp³-hybridized carbons (Fsp3) is 0.273. The zero-order valence-electron chi connectivity index (χ0n) is 16.0. The first-order valence-corrected chi connectivity index (χ1v) is 10.1. The zero-order valence-corrected chi connectivity index (χ0v) is 17.6. The molecule has 4 nitrogen and oxygen atoms in total. The van der Waals surface area contributed by atoms with Crippen LogP contribution in [0.15, 0.2) is 59.1 Å². The number of benzene rings is 1. The summed E-state index contributed by atoms with van der Waals surface area (Å²) in [5, 5.41) is 4.88. The highest BCUT2D eigenvalue weighted by Crippen LogP contribution is 2.42. The van der Waals surface area contributed by atoms with Gasteiger partial charge in [-0.15, -0.1) is 0 Å². The van der Waals surface area contributed by atoms with Crippen molar-refractivity contribution < 1.29 is 4.42 Å². The molecule has 0 saturated carbocycles. The van der Waals surface area contributed by atoms with Crippen LogP contribution in [0.3, 0.4) is 0 Å². The molecule has 1 aliphatic rings. The molecule has 0 amide bonds. The van der Waals surface area contributed by atoms with Gasteiger partial charge in [0.1, 0.15) is 17.6 Å². The van der Waals surface area contributed by atoms with E-state index in [2.05, 4.69) is 29.0 Å². The van der Waals surface area contributed by atoms with Crippen LogP contribution in [-0.4, -0.2) is 21.0 Å². The van der Waals surface area contributed by atoms with Crippen molar-refractivity contribution in [3.8, 4) is 11.3 Å². The van der Waals surface area contributed by atoms with E-state index in [0.717, 1.165) is 33.4 Å². The van der Waals surface area contributed by atoms with Crippen LogP contribution in [0.1, 0.15) is 42.9 Å². The standard InChI is InChI=1S/C22H22ClN3OS/c1-13(2)26-21(20(25-22(26)28)17-9-4-5-12-24-17)19-11-10-18(27-19)15-7-6-8-16(23)14(15)3/h4-13,20-21H,1-3H3,(H,25,28)/t20-,21-/m1/s1. The number of nitrogens with one attached hydrogen (secondary N) is 1. The topological polar surface area (TPSA) is 41.3 Å². The SMILES string of the molecule is Cc1c(Cl)cccc1-c1ccc([C@@H]2[C@@H](c3ccccn3)NC(=S)N2C(C)C)o1. The smallest absolute Gasteiger partial charge is 0.170 e. The third kappa shape index (κ3) is 3.29. The average molecular weight is 412 g/mol. The summed E-state index contributed by atoms with van der Waals surface area (Å²) in [6, 6.07) is 15.9. The maximum absolute atomic E-state index is 6.34. The summed E-state index contributed by atoms with van der Waals surface area (Å²) in [5.41, 5.74) is 2.94. The highest BCUT2D eigenvalue weighted by Gasteiger charge is 2.42. The maximum atomic E-state index is 6.34. The van der Waals surface area contributed by atoms with Crippen LogP contribution in [0.25, 0.3) is 11.3 Å². The van der Waals surface area contributed by atoms with Gasteiger partial charge in [-0.05, 0) is 68.9 Å². The molecular weight excluding hydrogens is 390 g/mol. The summed E-state index contributed by atoms with van der Waals surface area (Å²) in [4.78, 5) is 6.73. The van der Waals surface area contributed by atoms with Gasteiger partial charge < -0.3 is 14.6 Å². The van der Waals surface area contributed by atoms with E-state index in [1.807, 2.05) is 55.5 Å². The molecule has 0 bridgehead atoms. The Labute approximate surface area is 175 Å². The number of nitrogens with zero attached hydrogens (tertiary/aromatic N) is 2. The van der Waals surface area contributed by atoms with Gasteiger partial charge in [-0.1, -0.05) is 29.8 Å². The third-order valence-electron chi connectivity index (χ3n) is 5.14. The van der Waals surface area contributed by atoms with Gasteiger partial charge in [0.05, 0.1) is 11.7 Å². The molecule has 2 atom stereocenters. The lowest BCUT2D eigenvalue weighted by Crippen LogP contribution is -2.35. The van der Waals surface area contributed by atoms with Crippen molar-refractivity contribution in [2.75, 3.05) is 0 Å². The summed E-state index contributed by atoms with van der Waals surface area (Å²) >= 11 is 11.9. The van der Waals surface area contributed by atoms with Crippen molar-refractivity contribution in [3.63, 3.8) is 0 Å². The summed E-state index contributed by atoms with van der Waals surface area (Å²) in [7, 11) is 0. The van der Waals surface area contributed by atoms with Crippen LogP contribution in [0.2, 0.25) is 5.02 Å². The zero-order chi connectivity index (χ0) is 19.8. The summed E-state index contributed by atoms with van der Waals surface area (Å²) in [6.45, 7) is 6.27. The number of hydrogen-bond acceptors (Lipinski definition) is 3. The second-order valence-electron chi connectivity index (χ2n) is 7.24. The lowest BCUT2D eigenvalue weighted by molar-refractivity contribution is 0.237. The van der Waals surface area contributed by atoms with E-state index in [9.17, 15) is 0 Å². The summed E-state index contributed by atoms with van der Waals surface area (Å²) < 4.78 is 6.34. The number of aromatic nitrogens is 1. The molecule has 0 aliphatic carbocycles. The molecule has 0 unspecified atom stereocenters. The number of hydrogen-bond donors (Lipinski definition) is 1. The molecule has 3 heterocycles. The summed E-state index contributed by atoms with van der Waals surface area (Å²) in [5.74, 6) is 1.65. The van der Waals surface area contributed by atoms with E-state index in [4.69, 9.17) is 28.2 Å². The Bertz CT molecular complexity index is 1000. The Morgan fingerprint density at radius 2 is 1.96 bits per heavy atom. The van der Waals surface area contributed by atoms with E-state index in [1.54, 1.807) is 6.20 Å². The molecule has 1 N–H and O–H groups in total. The average Bonchev–Trinajstić information content (AvgIpc) is 3.29. The van der Waals surface area contributed by atoms with Crippen LogP contribution < -0.4 is 5.32 Å². The van der Waals surface area contributed by atoms with Gasteiger partial charge in [0.25, 0.3) is 0 Å². The number of furan rings is 1. The number of rotatable bonds is 4. The van der Waals surface area contributed by atoms with E-state index in [-0.39, 0.29) is 18.1 Å². The first kappa shape index (κ1) is 19.0. The monoisotopic (exact) mass is 411 g/mol. The van der Waals surface area contributed by atoms with Gasteiger partial charge in [0.15, 0.2) is 5.11 Å². The van der Waals surface area contributed by atoms with Crippen molar-refractivity contribution in [2.45, 2.75) is 38.9 Å². The van der Waals surface area contributed by atoms with Crippen molar-refractivity contribution in [3.05, 3.63) is 76.8 Å². The number of thiocarbonyl (C=S) groups is 1. The minimum absolute atomic E-state index is 0.0735. The molecule has 6 heteroatoms. The third-order valence-corrected chi connectivity index (χ3v) is 5.88. The van der Waals surface area contributed by atoms with Gasteiger partial charge in [0, 0.05) is 22.8 Å². The van der Waals surface area contributed by atoms with E-state index < -0.39 is 0 Å². The van der Waals surface area contributed by atoms with Gasteiger partial charge in [-0.25, -0.2) is 0 Å². The lowest BCUT2D eigenvalue weighted by atomic mass is 10.0. The fourth-order valence-electron chi connectivity index (χ4n) is 3.76. The second-order valence-corrected chi connectivity index (χ2v) is 8.04. The molecule has 1 aliphatic heterocycles. The van der Waals surface area contributed by atoms with E-state index >= 15 is 0 Å². The Balaban J connectivity index is 1.77. The fourth-order valence-corrected chi connectivity index (χ4v) is 4.38. The van der Waals surface area contributed by atoms with Gasteiger partial charge >= 0.3 is 0 Å². The van der Waals surface area contributed by atoms with Crippen LogP contribution in [0, 0.1) is 6.92 Å². The van der Waals surface area contributed by atoms with Crippen LogP contribution in [0.4, 0.5) is 0 Å². The van der Waals surface area contributed by atoms with Crippen LogP contribution in [0.5, 0.6) is 0 Å². The molecule has 2 aromatic heterocycles. The van der Waals surface area contributed by atoms with E-state index in [0.29, 0.717) is 5.11 Å². The minimum Gasteiger partial charge on any atom is -0.459 e. The van der Waals surface area contributed by atoms with Crippen molar-refractivity contribution in [1.29, 1.82) is 0 Å². The number of pyridine rings is 1. The summed E-state index contributed by atoms with van der Waals surface area (Å²) in [6.07, 6.45) is 1.80. The predicted molar refractivity (Wildman–Crippen MR) is 116 cm³/mol. The Morgan fingerprint density at radius 1 is 1.14 bits per heavy atom. The first-order chi connectivity index (χ1) is 13.5. The highest BCUT2D eigenvalue weighted by molar-refractivity contribution is 7.80. The molecule has 0 spiro atoms. The molecular formula is C22H22ClN3OS. The molecule has 0 radical (unpaired) electrons. The van der Waals surface area contributed by atoms with Gasteiger partial charge in [-0.2, -0.15) is 0 Å². The quantitative estimate of drug-likeness (QED) is 0.559. The molecule has 3 aromatic rings. The molecule has 1 aromatic carbocycles. The van der Waals surface area contributed by atoms with E-state index in [1.165, 1.54) is 0 Å². The largest absolute Gasteiger partial charge is 0.459 e.